The summed E-state index contributed by atoms with van der Waals surface area (Å²) >= 11 is 0. The smallest absolute Gasteiger partial charge is 0.262 e. The lowest BCUT2D eigenvalue weighted by atomic mass is 10.0. The monoisotopic (exact) mass is 394 g/mol. The number of amides is 1. The van der Waals surface area contributed by atoms with Crippen molar-refractivity contribution in [2.45, 2.75) is 45.2 Å². The molecule has 2 N–H and O–H groups in total. The van der Waals surface area contributed by atoms with E-state index in [1.165, 1.54) is 31.5 Å². The maximum atomic E-state index is 12.4. The highest BCUT2D eigenvalue weighted by atomic mass is 16.5. The van der Waals surface area contributed by atoms with Gasteiger partial charge in [0, 0.05) is 50.2 Å². The van der Waals surface area contributed by atoms with Gasteiger partial charge in [-0.25, -0.2) is 0 Å². The van der Waals surface area contributed by atoms with Crippen molar-refractivity contribution in [2.24, 2.45) is 0 Å². The molecule has 5 heteroatoms. The molecule has 0 saturated carbocycles. The van der Waals surface area contributed by atoms with E-state index < -0.39 is 0 Å². The molecule has 0 radical (unpaired) electrons. The molecule has 0 aliphatic carbocycles. The summed E-state index contributed by atoms with van der Waals surface area (Å²) in [6, 6.07) is 17.3. The van der Waals surface area contributed by atoms with Gasteiger partial charge in [0.2, 0.25) is 0 Å². The van der Waals surface area contributed by atoms with Gasteiger partial charge in [-0.2, -0.15) is 0 Å². The van der Waals surface area contributed by atoms with Crippen molar-refractivity contribution < 1.29 is 9.53 Å². The predicted octanol–water partition coefficient (Wildman–Crippen LogP) is 3.86. The van der Waals surface area contributed by atoms with E-state index in [4.69, 9.17) is 4.74 Å². The van der Waals surface area contributed by atoms with Crippen LogP contribution in [0, 0.1) is 6.92 Å². The van der Waals surface area contributed by atoms with Gasteiger partial charge in [0.15, 0.2) is 6.61 Å². The van der Waals surface area contributed by atoms with Crippen molar-refractivity contribution in [3.63, 3.8) is 0 Å². The van der Waals surface area contributed by atoms with Crippen LogP contribution in [0.1, 0.15) is 31.7 Å². The molecule has 2 fully saturated rings. The molecule has 5 nitrogen and oxygen atoms in total. The second-order valence-corrected chi connectivity index (χ2v) is 8.44. The van der Waals surface area contributed by atoms with Crippen LogP contribution < -0.4 is 19.9 Å². The topological polar surface area (TPSA) is 50.4 Å². The van der Waals surface area contributed by atoms with E-state index in [0.29, 0.717) is 17.8 Å². The minimum Gasteiger partial charge on any atom is -0.484 e. The molecule has 3 atom stereocenters. The van der Waals surface area contributed by atoms with E-state index in [-0.39, 0.29) is 12.5 Å². The van der Waals surface area contributed by atoms with Crippen LogP contribution in [0.2, 0.25) is 0 Å². The van der Waals surface area contributed by atoms with E-state index >= 15 is 0 Å². The highest BCUT2D eigenvalue weighted by Gasteiger charge is 2.48. The van der Waals surface area contributed by atoms with Crippen molar-refractivity contribution in [1.29, 1.82) is 0 Å². The molecule has 2 aromatic rings. The lowest BCUT2D eigenvalue weighted by Gasteiger charge is -2.43. The number of aryl methyl sites for hydroxylation is 1. The lowest BCUT2D eigenvalue weighted by Crippen LogP contribution is -2.59. The van der Waals surface area contributed by atoms with Gasteiger partial charge in [0.25, 0.3) is 5.91 Å². The SMILES string of the molecule is Cc1cc([N+]2(C3CCNC3)CCCC2C)ccc1NC(=O)COc1ccccc1. The molecule has 2 saturated heterocycles. The number of nitrogens with zero attached hydrogens (tertiary/aromatic N) is 1. The van der Waals surface area contributed by atoms with Crippen molar-refractivity contribution in [2.75, 3.05) is 31.6 Å². The van der Waals surface area contributed by atoms with E-state index in [0.717, 1.165) is 28.8 Å². The Balaban J connectivity index is 1.47. The molecule has 2 aliphatic heterocycles. The fourth-order valence-electron chi connectivity index (χ4n) is 5.17. The van der Waals surface area contributed by atoms with Gasteiger partial charge in [0.1, 0.15) is 17.5 Å². The van der Waals surface area contributed by atoms with Crippen LogP contribution in [-0.4, -0.2) is 44.2 Å². The minimum absolute atomic E-state index is 0.00990. The number of hydrogen-bond donors (Lipinski definition) is 2. The summed E-state index contributed by atoms with van der Waals surface area (Å²) in [7, 11) is 0. The fraction of sp³-hybridized carbons (Fsp3) is 0.458. The first-order chi connectivity index (χ1) is 14.1. The first kappa shape index (κ1) is 19.9. The van der Waals surface area contributed by atoms with Gasteiger partial charge >= 0.3 is 0 Å². The fourth-order valence-corrected chi connectivity index (χ4v) is 5.17. The Morgan fingerprint density at radius 3 is 2.69 bits per heavy atom. The maximum Gasteiger partial charge on any atom is 0.262 e. The normalized spacial score (nSPS) is 26.4. The summed E-state index contributed by atoms with van der Waals surface area (Å²) in [5.41, 5.74) is 3.36. The van der Waals surface area contributed by atoms with Crippen LogP contribution >= 0.6 is 0 Å². The second-order valence-electron chi connectivity index (χ2n) is 8.44. The molecule has 0 spiro atoms. The number of ether oxygens (including phenoxy) is 1. The first-order valence-corrected chi connectivity index (χ1v) is 10.8. The molecular weight excluding hydrogens is 362 g/mol. The van der Waals surface area contributed by atoms with Gasteiger partial charge in [-0.05, 0) is 37.6 Å². The summed E-state index contributed by atoms with van der Waals surface area (Å²) in [6.45, 7) is 7.92. The Morgan fingerprint density at radius 2 is 2.03 bits per heavy atom. The number of carbonyl (C=O) groups excluding carboxylic acids is 1. The molecule has 1 amide bonds. The lowest BCUT2D eigenvalue weighted by molar-refractivity contribution is -0.118. The molecule has 154 valence electrons. The van der Waals surface area contributed by atoms with Gasteiger partial charge < -0.3 is 15.4 Å². The first-order valence-electron chi connectivity index (χ1n) is 10.8. The van der Waals surface area contributed by atoms with Crippen molar-refractivity contribution >= 4 is 17.3 Å². The Kier molecular flexibility index (Phi) is 5.88. The minimum atomic E-state index is -0.136. The summed E-state index contributed by atoms with van der Waals surface area (Å²) < 4.78 is 6.64. The molecule has 0 aromatic heterocycles. The number of benzene rings is 2. The number of quaternary nitrogens is 1. The zero-order valence-electron chi connectivity index (χ0n) is 17.5. The quantitative estimate of drug-likeness (QED) is 0.732. The molecule has 2 aliphatic rings. The molecule has 29 heavy (non-hydrogen) atoms. The maximum absolute atomic E-state index is 12.4. The van der Waals surface area contributed by atoms with Gasteiger partial charge in [0.05, 0.1) is 12.6 Å². The van der Waals surface area contributed by atoms with E-state index in [2.05, 4.69) is 42.7 Å². The van der Waals surface area contributed by atoms with Gasteiger partial charge in [-0.1, -0.05) is 18.2 Å². The second kappa shape index (κ2) is 8.56. The number of rotatable bonds is 6. The Bertz CT molecular complexity index is 848. The molecule has 3 unspecified atom stereocenters. The van der Waals surface area contributed by atoms with E-state index in [1.807, 2.05) is 30.3 Å². The largest absolute Gasteiger partial charge is 0.484 e. The van der Waals surface area contributed by atoms with Gasteiger partial charge in [-0.15, -0.1) is 0 Å². The van der Waals surface area contributed by atoms with Crippen LogP contribution in [0.5, 0.6) is 5.75 Å². The number of likely N-dealkylation sites (tertiary alicyclic amines) is 1. The summed E-state index contributed by atoms with van der Waals surface area (Å²) in [4.78, 5) is 12.4. The Labute approximate surface area is 173 Å². The van der Waals surface area contributed by atoms with Crippen molar-refractivity contribution in [1.82, 2.24) is 9.80 Å². The Hall–Kier alpha value is -2.37. The summed E-state index contributed by atoms with van der Waals surface area (Å²) in [6.07, 6.45) is 3.80. The zero-order chi connectivity index (χ0) is 20.3. The van der Waals surface area contributed by atoms with Crippen LogP contribution in [-0.2, 0) is 4.79 Å². The molecule has 0 bridgehead atoms. The zero-order valence-corrected chi connectivity index (χ0v) is 17.5. The molecule has 2 heterocycles. The number of anilines is 1. The van der Waals surface area contributed by atoms with Crippen LogP contribution in [0.4, 0.5) is 11.4 Å². The average molecular weight is 395 g/mol. The third-order valence-electron chi connectivity index (χ3n) is 6.70. The van der Waals surface area contributed by atoms with E-state index in [1.54, 1.807) is 0 Å². The van der Waals surface area contributed by atoms with Crippen molar-refractivity contribution in [3.8, 4) is 5.75 Å². The molecule has 2 aromatic carbocycles. The average Bonchev–Trinajstić information content (AvgIpc) is 3.39. The van der Waals surface area contributed by atoms with Crippen LogP contribution in [0.25, 0.3) is 0 Å². The highest BCUT2D eigenvalue weighted by molar-refractivity contribution is 5.92. The predicted molar refractivity (Wildman–Crippen MR) is 118 cm³/mol. The van der Waals surface area contributed by atoms with Crippen LogP contribution in [0.3, 0.4) is 0 Å². The molecule has 4 rings (SSSR count). The third-order valence-corrected chi connectivity index (χ3v) is 6.70. The van der Waals surface area contributed by atoms with E-state index in [9.17, 15) is 4.79 Å². The Morgan fingerprint density at radius 1 is 1.21 bits per heavy atom. The number of hydrogen-bond acceptors (Lipinski definition) is 3. The van der Waals surface area contributed by atoms with Crippen LogP contribution in [0.15, 0.2) is 48.5 Å². The molecular formula is C24H32N3O2+. The van der Waals surface area contributed by atoms with Gasteiger partial charge in [-0.3, -0.25) is 9.28 Å². The highest BCUT2D eigenvalue weighted by Crippen LogP contribution is 2.40. The summed E-state index contributed by atoms with van der Waals surface area (Å²) in [5.74, 6) is 0.567. The number of para-hydroxylation sites is 1. The standard InChI is InChI=1S/C24H31N3O2/c1-18-15-20(27(14-6-7-19(27)2)21-12-13-25-16-21)10-11-23(18)26-24(28)17-29-22-8-4-3-5-9-22/h3-5,8-11,15,19,21,25H,6-7,12-14,16-17H2,1-2H3/p+1. The third kappa shape index (κ3) is 4.02. The summed E-state index contributed by atoms with van der Waals surface area (Å²) in [5, 5.41) is 6.57. The number of carbonyl (C=O) groups is 1. The number of nitrogens with one attached hydrogen (secondary N) is 2. The van der Waals surface area contributed by atoms with Crippen molar-refractivity contribution in [3.05, 3.63) is 54.1 Å².